The minimum Gasteiger partial charge on any atom is -0.307 e. The van der Waals surface area contributed by atoms with E-state index in [9.17, 15) is 0 Å². The van der Waals surface area contributed by atoms with Crippen molar-refractivity contribution in [3.63, 3.8) is 0 Å². The van der Waals surface area contributed by atoms with Crippen molar-refractivity contribution >= 4 is 0 Å². The maximum atomic E-state index is 4.18. The molecule has 0 fully saturated rings. The molecular weight excluding hydrogens is 236 g/mol. The predicted octanol–water partition coefficient (Wildman–Crippen LogP) is 2.63. The first kappa shape index (κ1) is 13.7. The number of nitrogens with one attached hydrogen (secondary N) is 1. The highest BCUT2D eigenvalue weighted by atomic mass is 15.4. The summed E-state index contributed by atoms with van der Waals surface area (Å²) in [4.78, 5) is 0. The molecule has 19 heavy (non-hydrogen) atoms. The highest BCUT2D eigenvalue weighted by Gasteiger charge is 2.14. The van der Waals surface area contributed by atoms with Crippen LogP contribution in [0.2, 0.25) is 0 Å². The number of aromatic nitrogens is 3. The first-order chi connectivity index (χ1) is 8.95. The summed E-state index contributed by atoms with van der Waals surface area (Å²) >= 11 is 0. The van der Waals surface area contributed by atoms with Crippen LogP contribution in [0.25, 0.3) is 0 Å². The predicted molar refractivity (Wildman–Crippen MR) is 76.7 cm³/mol. The Hall–Kier alpha value is -1.68. The second kappa shape index (κ2) is 5.53. The van der Waals surface area contributed by atoms with Gasteiger partial charge in [0.25, 0.3) is 0 Å². The second-order valence-corrected chi connectivity index (χ2v) is 5.91. The average Bonchev–Trinajstić information content (AvgIpc) is 2.80. The molecule has 0 radical (unpaired) electrons. The summed E-state index contributed by atoms with van der Waals surface area (Å²) in [5.74, 6) is 0. The fraction of sp³-hybridized carbons (Fsp3) is 0.467. The van der Waals surface area contributed by atoms with Crippen LogP contribution in [0.5, 0.6) is 0 Å². The van der Waals surface area contributed by atoms with Crippen molar-refractivity contribution in [2.24, 2.45) is 0 Å². The van der Waals surface area contributed by atoms with Gasteiger partial charge in [-0.1, -0.05) is 35.0 Å². The van der Waals surface area contributed by atoms with Crippen LogP contribution in [-0.2, 0) is 18.6 Å². The highest BCUT2D eigenvalue weighted by Crippen LogP contribution is 2.11. The van der Waals surface area contributed by atoms with E-state index in [1.165, 1.54) is 11.1 Å². The summed E-state index contributed by atoms with van der Waals surface area (Å²) in [5.41, 5.74) is 3.54. The largest absolute Gasteiger partial charge is 0.307 e. The van der Waals surface area contributed by atoms with E-state index in [2.05, 4.69) is 67.6 Å². The van der Waals surface area contributed by atoms with E-state index < -0.39 is 0 Å². The van der Waals surface area contributed by atoms with Crippen LogP contribution >= 0.6 is 0 Å². The third-order valence-electron chi connectivity index (χ3n) is 2.98. The van der Waals surface area contributed by atoms with Gasteiger partial charge in [0, 0.05) is 13.1 Å². The molecule has 102 valence electrons. The Labute approximate surface area is 114 Å². The van der Waals surface area contributed by atoms with Gasteiger partial charge in [0.2, 0.25) is 0 Å². The Kier molecular flexibility index (Phi) is 4.00. The van der Waals surface area contributed by atoms with Gasteiger partial charge in [-0.3, -0.25) is 0 Å². The van der Waals surface area contributed by atoms with E-state index >= 15 is 0 Å². The molecule has 0 atom stereocenters. The van der Waals surface area contributed by atoms with Crippen molar-refractivity contribution < 1.29 is 0 Å². The Morgan fingerprint density at radius 3 is 2.37 bits per heavy atom. The highest BCUT2D eigenvalue weighted by molar-refractivity contribution is 5.21. The first-order valence-corrected chi connectivity index (χ1v) is 6.63. The molecule has 0 aliphatic carbocycles. The van der Waals surface area contributed by atoms with Gasteiger partial charge in [0.1, 0.15) is 0 Å². The van der Waals surface area contributed by atoms with Crippen LogP contribution in [0.3, 0.4) is 0 Å². The van der Waals surface area contributed by atoms with Crippen LogP contribution in [0, 0.1) is 6.92 Å². The topological polar surface area (TPSA) is 42.7 Å². The zero-order valence-corrected chi connectivity index (χ0v) is 12.1. The Morgan fingerprint density at radius 1 is 1.11 bits per heavy atom. The molecular formula is C15H22N4. The molecule has 0 unspecified atom stereocenters. The molecule has 1 aromatic heterocycles. The monoisotopic (exact) mass is 258 g/mol. The molecule has 0 aliphatic heterocycles. The smallest absolute Gasteiger partial charge is 0.0965 e. The number of rotatable bonds is 4. The van der Waals surface area contributed by atoms with E-state index in [0.29, 0.717) is 0 Å². The SMILES string of the molecule is Cc1ccc(CNCc2cn(C(C)(C)C)nn2)cc1. The van der Waals surface area contributed by atoms with E-state index in [-0.39, 0.29) is 5.54 Å². The number of nitrogens with zero attached hydrogens (tertiary/aromatic N) is 3. The van der Waals surface area contributed by atoms with Gasteiger partial charge >= 0.3 is 0 Å². The van der Waals surface area contributed by atoms with Gasteiger partial charge in [-0.05, 0) is 33.3 Å². The quantitative estimate of drug-likeness (QED) is 0.916. The molecule has 1 heterocycles. The third kappa shape index (κ3) is 3.89. The standard InChI is InChI=1S/C15H22N4/c1-12-5-7-13(8-6-12)9-16-10-14-11-19(18-17-14)15(2,3)4/h5-8,11,16H,9-10H2,1-4H3. The fourth-order valence-corrected chi connectivity index (χ4v) is 1.75. The van der Waals surface area contributed by atoms with E-state index in [1.807, 2.05) is 10.9 Å². The van der Waals surface area contributed by atoms with Crippen LogP contribution < -0.4 is 5.32 Å². The van der Waals surface area contributed by atoms with Crippen molar-refractivity contribution in [2.45, 2.75) is 46.3 Å². The van der Waals surface area contributed by atoms with E-state index in [1.54, 1.807) is 0 Å². The summed E-state index contributed by atoms with van der Waals surface area (Å²) in [6.07, 6.45) is 2.00. The Morgan fingerprint density at radius 2 is 1.79 bits per heavy atom. The molecule has 0 bridgehead atoms. The van der Waals surface area contributed by atoms with Gasteiger partial charge in [0.15, 0.2) is 0 Å². The van der Waals surface area contributed by atoms with Crippen molar-refractivity contribution in [3.8, 4) is 0 Å². The van der Waals surface area contributed by atoms with Crippen molar-refractivity contribution in [1.82, 2.24) is 20.3 Å². The lowest BCUT2D eigenvalue weighted by atomic mass is 10.1. The van der Waals surface area contributed by atoms with Crippen LogP contribution in [0.1, 0.15) is 37.6 Å². The minimum absolute atomic E-state index is 0.0117. The molecule has 4 nitrogen and oxygen atoms in total. The lowest BCUT2D eigenvalue weighted by Crippen LogP contribution is -2.22. The second-order valence-electron chi connectivity index (χ2n) is 5.91. The van der Waals surface area contributed by atoms with Gasteiger partial charge in [-0.15, -0.1) is 5.10 Å². The maximum absolute atomic E-state index is 4.18. The zero-order valence-electron chi connectivity index (χ0n) is 12.1. The van der Waals surface area contributed by atoms with E-state index in [4.69, 9.17) is 0 Å². The summed E-state index contributed by atoms with van der Waals surface area (Å²) < 4.78 is 1.90. The van der Waals surface area contributed by atoms with Gasteiger partial charge in [0.05, 0.1) is 17.4 Å². The van der Waals surface area contributed by atoms with E-state index in [0.717, 1.165) is 18.8 Å². The van der Waals surface area contributed by atoms with Crippen molar-refractivity contribution in [2.75, 3.05) is 0 Å². The van der Waals surface area contributed by atoms with Crippen molar-refractivity contribution in [3.05, 3.63) is 47.3 Å². The molecule has 0 saturated carbocycles. The Balaban J connectivity index is 1.86. The number of hydrogen-bond donors (Lipinski definition) is 1. The maximum Gasteiger partial charge on any atom is 0.0965 e. The molecule has 0 spiro atoms. The summed E-state index contributed by atoms with van der Waals surface area (Å²) in [5, 5.41) is 11.7. The molecule has 0 aliphatic rings. The normalized spacial score (nSPS) is 11.8. The summed E-state index contributed by atoms with van der Waals surface area (Å²) in [7, 11) is 0. The fourth-order valence-electron chi connectivity index (χ4n) is 1.75. The Bertz CT molecular complexity index is 520. The minimum atomic E-state index is -0.0117. The summed E-state index contributed by atoms with van der Waals surface area (Å²) in [6.45, 7) is 10.0. The number of benzene rings is 1. The molecule has 2 rings (SSSR count). The van der Waals surface area contributed by atoms with Crippen LogP contribution in [-0.4, -0.2) is 15.0 Å². The zero-order chi connectivity index (χ0) is 13.9. The molecule has 0 saturated heterocycles. The van der Waals surface area contributed by atoms with Crippen LogP contribution in [0.4, 0.5) is 0 Å². The lowest BCUT2D eigenvalue weighted by Gasteiger charge is -2.17. The third-order valence-corrected chi connectivity index (χ3v) is 2.98. The molecule has 0 amide bonds. The van der Waals surface area contributed by atoms with Crippen LogP contribution in [0.15, 0.2) is 30.5 Å². The molecule has 1 aromatic carbocycles. The number of aryl methyl sites for hydroxylation is 1. The lowest BCUT2D eigenvalue weighted by molar-refractivity contribution is 0.347. The molecule has 1 N–H and O–H groups in total. The summed E-state index contributed by atoms with van der Waals surface area (Å²) in [6, 6.07) is 8.56. The van der Waals surface area contributed by atoms with Gasteiger partial charge in [-0.25, -0.2) is 4.68 Å². The number of hydrogen-bond acceptors (Lipinski definition) is 3. The molecule has 4 heteroatoms. The van der Waals surface area contributed by atoms with Gasteiger partial charge in [-0.2, -0.15) is 0 Å². The molecule has 2 aromatic rings. The average molecular weight is 258 g/mol. The van der Waals surface area contributed by atoms with Crippen molar-refractivity contribution in [1.29, 1.82) is 0 Å². The first-order valence-electron chi connectivity index (χ1n) is 6.63. The van der Waals surface area contributed by atoms with Gasteiger partial charge < -0.3 is 5.32 Å².